The van der Waals surface area contributed by atoms with Gasteiger partial charge in [-0.25, -0.2) is 9.88 Å². The maximum atomic E-state index is 14.5. The van der Waals surface area contributed by atoms with Crippen LogP contribution in [0.1, 0.15) is 118 Å². The number of fused-ring (bicyclic) bond motifs is 1. The summed E-state index contributed by atoms with van der Waals surface area (Å²) in [6.45, 7) is 8.45. The van der Waals surface area contributed by atoms with Crippen LogP contribution in [-0.4, -0.2) is 39.5 Å². The van der Waals surface area contributed by atoms with E-state index in [2.05, 4.69) is 37.7 Å². The Hall–Kier alpha value is -5.44. The van der Waals surface area contributed by atoms with Crippen molar-refractivity contribution in [2.75, 3.05) is 4.90 Å². The molecule has 0 atom stereocenters. The lowest BCUT2D eigenvalue weighted by molar-refractivity contribution is 0.0842. The average Bonchev–Trinajstić information content (AvgIpc) is 3.64. The van der Waals surface area contributed by atoms with Gasteiger partial charge in [0, 0.05) is 39.1 Å². The van der Waals surface area contributed by atoms with E-state index in [0.29, 0.717) is 27.7 Å². The molecule has 9 nitrogen and oxygen atoms in total. The van der Waals surface area contributed by atoms with Crippen molar-refractivity contribution in [1.82, 2.24) is 9.97 Å². The fourth-order valence-electron chi connectivity index (χ4n) is 8.31. The number of hydrogen-bond donors (Lipinski definition) is 1. The topological polar surface area (TPSA) is 126 Å². The summed E-state index contributed by atoms with van der Waals surface area (Å²) in [4.78, 5) is 78.5. The van der Waals surface area contributed by atoms with E-state index < -0.39 is 34.9 Å². The Bertz CT molecular complexity index is 2270. The maximum absolute atomic E-state index is 14.5. The second-order valence-corrected chi connectivity index (χ2v) is 14.4. The predicted octanol–water partition coefficient (Wildman–Crippen LogP) is 7.76. The number of rotatable bonds is 7. The second kappa shape index (κ2) is 11.9. The zero-order valence-electron chi connectivity index (χ0n) is 28.4. The smallest absolute Gasteiger partial charge is 0.265 e. The molecule has 9 heteroatoms. The third-order valence-corrected chi connectivity index (χ3v) is 10.6. The minimum atomic E-state index is -1.37. The molecule has 1 fully saturated rings. The molecule has 252 valence electrons. The molecule has 0 saturated heterocycles. The van der Waals surface area contributed by atoms with Gasteiger partial charge in [-0.1, -0.05) is 58.7 Å². The third kappa shape index (κ3) is 4.82. The molecular formula is C41H37N3O6. The number of benzene rings is 4. The van der Waals surface area contributed by atoms with E-state index in [9.17, 15) is 24.0 Å². The van der Waals surface area contributed by atoms with Crippen molar-refractivity contribution in [2.45, 2.75) is 71.3 Å². The molecule has 8 rings (SSSR count). The lowest BCUT2D eigenvalue weighted by Gasteiger charge is -2.33. The molecule has 3 aliphatic rings. The summed E-state index contributed by atoms with van der Waals surface area (Å²) in [5.41, 5.74) is 2.24. The predicted molar refractivity (Wildman–Crippen MR) is 191 cm³/mol. The molecule has 50 heavy (non-hydrogen) atoms. The van der Waals surface area contributed by atoms with Crippen LogP contribution < -0.4 is 15.2 Å². The van der Waals surface area contributed by atoms with Crippen LogP contribution in [0.5, 0.6) is 5.75 Å². The highest BCUT2D eigenvalue weighted by atomic mass is 16.5. The van der Waals surface area contributed by atoms with Gasteiger partial charge in [0.25, 0.3) is 17.4 Å². The lowest BCUT2D eigenvalue weighted by atomic mass is 9.76. The fourth-order valence-corrected chi connectivity index (χ4v) is 8.31. The number of nitrogens with zero attached hydrogens (tertiary/aromatic N) is 2. The van der Waals surface area contributed by atoms with E-state index in [-0.39, 0.29) is 57.3 Å². The number of aromatic nitrogens is 2. The molecule has 1 N–H and O–H groups in total. The van der Waals surface area contributed by atoms with E-state index in [0.717, 1.165) is 31.2 Å². The molecule has 2 heterocycles. The first-order chi connectivity index (χ1) is 24.0. The first-order valence-corrected chi connectivity index (χ1v) is 17.4. The molecule has 1 aliphatic heterocycles. The molecule has 0 unspecified atom stereocenters. The molecule has 4 aromatic carbocycles. The van der Waals surface area contributed by atoms with Gasteiger partial charge >= 0.3 is 0 Å². The highest BCUT2D eigenvalue weighted by Gasteiger charge is 2.43. The number of nitrogens with one attached hydrogen (secondary N) is 1. The van der Waals surface area contributed by atoms with E-state index >= 15 is 0 Å². The average molecular weight is 668 g/mol. The number of Topliss-reactive ketones (excluding diaryl/α,β-unsaturated/α-hetero) is 2. The highest BCUT2D eigenvalue weighted by Crippen LogP contribution is 2.45. The number of H-pyrrole nitrogens is 1. The Morgan fingerprint density at radius 3 is 1.94 bits per heavy atom. The SMILES string of the molecule is CC(C)C(Oc1ccc(C2CCCC2)c(N2C(=O)c3ccc4c5c(ccc(c35)C2=O)C(=O)C(c2nc3ccccc3c(=O)[nH]2)C4=O)c1)C(C)C. The normalized spacial score (nSPS) is 16.7. The number of amides is 2. The fraction of sp³-hybridized carbons (Fsp3) is 0.317. The van der Waals surface area contributed by atoms with Crippen LogP contribution in [0.25, 0.3) is 21.7 Å². The van der Waals surface area contributed by atoms with Gasteiger partial charge in [0.1, 0.15) is 23.6 Å². The zero-order chi connectivity index (χ0) is 35.0. The number of anilines is 1. The third-order valence-electron chi connectivity index (χ3n) is 10.6. The number of ketones is 2. The first kappa shape index (κ1) is 31.8. The molecule has 0 radical (unpaired) electrons. The van der Waals surface area contributed by atoms with Gasteiger partial charge in [-0.05, 0) is 78.6 Å². The van der Waals surface area contributed by atoms with Crippen LogP contribution in [0.2, 0.25) is 0 Å². The summed E-state index contributed by atoms with van der Waals surface area (Å²) in [7, 11) is 0. The number of para-hydroxylation sites is 1. The summed E-state index contributed by atoms with van der Waals surface area (Å²) in [5.74, 6) is -2.26. The molecule has 0 bridgehead atoms. The second-order valence-electron chi connectivity index (χ2n) is 14.4. The maximum Gasteiger partial charge on any atom is 0.265 e. The van der Waals surface area contributed by atoms with Crippen molar-refractivity contribution in [3.63, 3.8) is 0 Å². The van der Waals surface area contributed by atoms with Crippen molar-refractivity contribution < 1.29 is 23.9 Å². The molecule has 2 amide bonds. The van der Waals surface area contributed by atoms with Gasteiger partial charge in [-0.15, -0.1) is 0 Å². The van der Waals surface area contributed by atoms with Gasteiger partial charge < -0.3 is 9.72 Å². The number of carbonyl (C=O) groups excluding carboxylic acids is 4. The standard InChI is InChI=1S/C41H37N3O6/c1-20(2)37(21(3)4)50-23-13-14-24(22-9-5-6-10-22)31(19-23)44-40(48)28-17-15-26-32-27(16-18-29(33(28)32)41(44)49)36(46)34(35(26)45)38-42-30-12-8-7-11-25(30)39(47)43-38/h7-8,11-22,34,37H,5-6,9-10H2,1-4H3,(H,42,43,47). The first-order valence-electron chi connectivity index (χ1n) is 17.4. The number of ether oxygens (including phenoxy) is 1. The van der Waals surface area contributed by atoms with Crippen LogP contribution in [0.15, 0.2) is 71.5 Å². The molecular weight excluding hydrogens is 630 g/mol. The lowest BCUT2D eigenvalue weighted by Crippen LogP contribution is -2.42. The van der Waals surface area contributed by atoms with Gasteiger partial charge in [0.15, 0.2) is 11.6 Å². The number of aromatic amines is 1. The number of imide groups is 1. The molecule has 2 aliphatic carbocycles. The van der Waals surface area contributed by atoms with Crippen molar-refractivity contribution in [1.29, 1.82) is 0 Å². The molecule has 1 aromatic heterocycles. The van der Waals surface area contributed by atoms with Gasteiger partial charge in [-0.3, -0.25) is 24.0 Å². The molecule has 1 saturated carbocycles. The zero-order valence-corrected chi connectivity index (χ0v) is 28.4. The summed E-state index contributed by atoms with van der Waals surface area (Å²) < 4.78 is 6.49. The summed E-state index contributed by atoms with van der Waals surface area (Å²) in [5, 5.41) is 0.918. The van der Waals surface area contributed by atoms with Crippen LogP contribution in [-0.2, 0) is 0 Å². The quantitative estimate of drug-likeness (QED) is 0.139. The van der Waals surface area contributed by atoms with Crippen LogP contribution in [0.3, 0.4) is 0 Å². The number of hydrogen-bond acceptors (Lipinski definition) is 7. The molecule has 5 aromatic rings. The van der Waals surface area contributed by atoms with E-state index in [1.165, 1.54) is 4.90 Å². The van der Waals surface area contributed by atoms with E-state index in [4.69, 9.17) is 4.74 Å². The van der Waals surface area contributed by atoms with Gasteiger partial charge in [0.2, 0.25) is 0 Å². The minimum absolute atomic E-state index is 0.0419. The summed E-state index contributed by atoms with van der Waals surface area (Å²) in [6, 6.07) is 18.7. The number of carbonyl (C=O) groups is 4. The monoisotopic (exact) mass is 667 g/mol. The van der Waals surface area contributed by atoms with Crippen LogP contribution >= 0.6 is 0 Å². The Kier molecular flexibility index (Phi) is 7.55. The highest BCUT2D eigenvalue weighted by molar-refractivity contribution is 6.40. The van der Waals surface area contributed by atoms with Crippen molar-refractivity contribution in [3.8, 4) is 5.75 Å². The molecule has 0 spiro atoms. The summed E-state index contributed by atoms with van der Waals surface area (Å²) in [6.07, 6.45) is 4.02. The van der Waals surface area contributed by atoms with Crippen molar-refractivity contribution in [2.24, 2.45) is 11.8 Å². The summed E-state index contributed by atoms with van der Waals surface area (Å²) >= 11 is 0. The Morgan fingerprint density at radius 1 is 0.740 bits per heavy atom. The van der Waals surface area contributed by atoms with Crippen LogP contribution in [0.4, 0.5) is 5.69 Å². The van der Waals surface area contributed by atoms with Crippen molar-refractivity contribution >= 4 is 50.7 Å². The largest absolute Gasteiger partial charge is 0.490 e. The van der Waals surface area contributed by atoms with Gasteiger partial charge in [0.05, 0.1) is 16.6 Å². The van der Waals surface area contributed by atoms with Gasteiger partial charge in [-0.2, -0.15) is 0 Å². The Morgan fingerprint density at radius 2 is 1.32 bits per heavy atom. The van der Waals surface area contributed by atoms with E-state index in [1.807, 2.05) is 18.2 Å². The van der Waals surface area contributed by atoms with Crippen molar-refractivity contribution in [3.05, 3.63) is 111 Å². The Balaban J connectivity index is 1.24. The van der Waals surface area contributed by atoms with Crippen LogP contribution in [0, 0.1) is 11.8 Å². The van der Waals surface area contributed by atoms with E-state index in [1.54, 1.807) is 48.5 Å². The minimum Gasteiger partial charge on any atom is -0.490 e. The Labute approximate surface area is 288 Å².